The summed E-state index contributed by atoms with van der Waals surface area (Å²) >= 11 is 8.63. The summed E-state index contributed by atoms with van der Waals surface area (Å²) in [6.07, 6.45) is 5.41. The van der Waals surface area contributed by atoms with E-state index >= 15 is 4.79 Å². The molecule has 444 valence electrons. The van der Waals surface area contributed by atoms with Crippen LogP contribution in [0.2, 0.25) is 0 Å². The van der Waals surface area contributed by atoms with E-state index in [4.69, 9.17) is 11.5 Å². The largest absolute Gasteiger partial charge is 0.480 e. The van der Waals surface area contributed by atoms with Gasteiger partial charge >= 0.3 is 5.97 Å². The zero-order chi connectivity index (χ0) is 60.5. The highest BCUT2D eigenvalue weighted by Gasteiger charge is 2.38. The number of nitrogens with one attached hydrogen (secondary N) is 8. The molecule has 7 amide bonds. The first kappa shape index (κ1) is 63.3. The van der Waals surface area contributed by atoms with Crippen LogP contribution >= 0.6 is 25.3 Å². The number of para-hydroxylation sites is 2. The standard InChI is InChI=1S/C60H72N12O10S2/c1-34(73)52(58(79)70-50(33-84)56(77)68-48(60(81)82)28-40-31-65-45-18-8-6-16-42(40)45)71-57(78)51(19-9-10-22-61)72(2)59(80)47(27-39-30-64-44-17-7-5-15-41(39)44)67-54(75)46(26-36-12-11-23-63-29-36)66-55(76)49(32-83)69-53(74)43(62)25-35-20-21-37-13-3-4-14-38(37)24-35/h3-8,11-18,20-21,23-24,29-31,34,43,46-52,64-65,73,83-84H,9-10,19,22,25-28,32-33,61-62H2,1-2H3,(H,66,76)(H,67,75)(H,68,77)(H,69,74)(H,70,79)(H,71,78)(H,81,82)/t34-,43+,46+,47-,48+,49-,50+,51+,52+/m1/s1. The topological polar surface area (TPSA) is 349 Å². The molecule has 22 nitrogen and oxygen atoms in total. The van der Waals surface area contributed by atoms with Crippen molar-refractivity contribution in [2.45, 2.75) is 106 Å². The van der Waals surface area contributed by atoms with Crippen LogP contribution in [-0.4, -0.2) is 157 Å². The number of carbonyl (C=O) groups is 8. The van der Waals surface area contributed by atoms with E-state index in [9.17, 15) is 43.8 Å². The molecule has 7 rings (SSSR count). The molecule has 0 aliphatic carbocycles. The number of H-pyrrole nitrogens is 2. The number of likely N-dealkylation sites (N-methyl/N-ethyl adjacent to an activating group) is 1. The summed E-state index contributed by atoms with van der Waals surface area (Å²) in [4.78, 5) is 124. The Hall–Kier alpha value is -8.29. The van der Waals surface area contributed by atoms with E-state index in [1.54, 1.807) is 30.6 Å². The predicted molar refractivity (Wildman–Crippen MR) is 326 cm³/mol. The van der Waals surface area contributed by atoms with Crippen molar-refractivity contribution in [1.29, 1.82) is 0 Å². The molecule has 0 unspecified atom stereocenters. The third kappa shape index (κ3) is 16.7. The van der Waals surface area contributed by atoms with E-state index < -0.39 is 102 Å². The van der Waals surface area contributed by atoms with Crippen LogP contribution in [0.25, 0.3) is 32.6 Å². The number of hydrogen-bond donors (Lipinski definition) is 14. The fraction of sp³-hybridized carbons (Fsp3) is 0.350. The van der Waals surface area contributed by atoms with E-state index in [2.05, 4.69) is 72.1 Å². The Balaban J connectivity index is 1.09. The molecule has 4 aromatic carbocycles. The number of amides is 7. The Morgan fingerprint density at radius 2 is 1.14 bits per heavy atom. The van der Waals surface area contributed by atoms with E-state index in [0.29, 0.717) is 29.5 Å². The second-order valence-electron chi connectivity index (χ2n) is 20.7. The number of aromatic nitrogens is 3. The number of aliphatic hydroxyl groups is 1. The zero-order valence-electron chi connectivity index (χ0n) is 46.5. The molecule has 14 N–H and O–H groups in total. The predicted octanol–water partition coefficient (Wildman–Crippen LogP) is 1.99. The third-order valence-electron chi connectivity index (χ3n) is 14.6. The number of hydrogen-bond acceptors (Lipinski definition) is 14. The number of carboxylic acids is 1. The number of benzene rings is 4. The van der Waals surface area contributed by atoms with Crippen LogP contribution in [-0.2, 0) is 64.0 Å². The Bertz CT molecular complexity index is 3430. The van der Waals surface area contributed by atoms with Gasteiger partial charge in [-0.25, -0.2) is 4.79 Å². The molecule has 7 aromatic rings. The smallest absolute Gasteiger partial charge is 0.326 e. The van der Waals surface area contributed by atoms with E-state index in [1.807, 2.05) is 84.9 Å². The number of nitrogens with zero attached hydrogens (tertiary/aromatic N) is 2. The van der Waals surface area contributed by atoms with Gasteiger partial charge in [-0.1, -0.05) is 84.9 Å². The molecule has 84 heavy (non-hydrogen) atoms. The number of aliphatic carboxylic acids is 1. The SMILES string of the molecule is C[C@@H](O)[C@H](NC(=O)[C@H](CCCCN)N(C)C(=O)[C@@H](Cc1c[nH]c2ccccc12)NC(=O)[C@H](Cc1cccnc1)NC(=O)[C@@H](CS)NC(=O)[C@@H](N)Cc1ccc2ccccc2c1)C(=O)N[C@@H](CS)C(=O)N[C@@H](Cc1c[nH]c2ccccc12)C(=O)O. The first-order valence-corrected chi connectivity index (χ1v) is 28.8. The van der Waals surface area contributed by atoms with Crippen molar-refractivity contribution in [3.63, 3.8) is 0 Å². The van der Waals surface area contributed by atoms with Gasteiger partial charge in [-0.05, 0) is 90.4 Å². The summed E-state index contributed by atoms with van der Waals surface area (Å²) in [5.41, 5.74) is 16.4. The summed E-state index contributed by atoms with van der Waals surface area (Å²) in [5.74, 6) is -7.54. The number of rotatable bonds is 30. The molecule has 3 heterocycles. The molecule has 9 atom stereocenters. The molecule has 3 aromatic heterocycles. The van der Waals surface area contributed by atoms with Crippen LogP contribution in [0, 0.1) is 0 Å². The molecule has 0 aliphatic rings. The van der Waals surface area contributed by atoms with Gasteiger partial charge in [-0.2, -0.15) is 25.3 Å². The van der Waals surface area contributed by atoms with Crippen LogP contribution in [0.4, 0.5) is 0 Å². The monoisotopic (exact) mass is 1180 g/mol. The molecule has 0 spiro atoms. The normalized spacial score (nSPS) is 14.6. The molecule has 0 bridgehead atoms. The van der Waals surface area contributed by atoms with Crippen LogP contribution in [0.3, 0.4) is 0 Å². The van der Waals surface area contributed by atoms with Gasteiger partial charge in [0.1, 0.15) is 42.3 Å². The second kappa shape index (κ2) is 30.3. The molecular weight excluding hydrogens is 1110 g/mol. The van der Waals surface area contributed by atoms with Gasteiger partial charge in [0.2, 0.25) is 41.4 Å². The molecule has 0 saturated carbocycles. The number of fused-ring (bicyclic) bond motifs is 3. The average Bonchev–Trinajstić information content (AvgIpc) is 3.92. The van der Waals surface area contributed by atoms with Gasteiger partial charge < -0.3 is 68.4 Å². The fourth-order valence-corrected chi connectivity index (χ4v) is 10.4. The minimum absolute atomic E-state index is 0.00426. The molecular formula is C60H72N12O10S2. The number of unbranched alkanes of at least 4 members (excludes halogenated alkanes) is 1. The lowest BCUT2D eigenvalue weighted by Crippen LogP contribution is -2.62. The third-order valence-corrected chi connectivity index (χ3v) is 15.3. The highest BCUT2D eigenvalue weighted by molar-refractivity contribution is 7.80. The van der Waals surface area contributed by atoms with E-state index in [0.717, 1.165) is 43.0 Å². The second-order valence-corrected chi connectivity index (χ2v) is 21.4. The van der Waals surface area contributed by atoms with E-state index in [1.165, 1.54) is 26.4 Å². The number of aromatic amines is 2. The number of carboxylic acid groups (broad SMARTS) is 1. The van der Waals surface area contributed by atoms with Gasteiger partial charge in [0.15, 0.2) is 0 Å². The van der Waals surface area contributed by atoms with Crippen LogP contribution in [0.15, 0.2) is 128 Å². The lowest BCUT2D eigenvalue weighted by molar-refractivity contribution is -0.144. The highest BCUT2D eigenvalue weighted by Crippen LogP contribution is 2.23. The minimum atomic E-state index is -1.71. The van der Waals surface area contributed by atoms with Gasteiger partial charge in [0.05, 0.1) is 12.1 Å². The lowest BCUT2D eigenvalue weighted by Gasteiger charge is -2.33. The number of thiol groups is 2. The first-order valence-electron chi connectivity index (χ1n) is 27.5. The Morgan fingerprint density at radius 1 is 0.595 bits per heavy atom. The van der Waals surface area contributed by atoms with Gasteiger partial charge in [-0.3, -0.25) is 38.5 Å². The number of aliphatic hydroxyl groups excluding tert-OH is 1. The van der Waals surface area contributed by atoms with Gasteiger partial charge in [0.25, 0.3) is 0 Å². The highest BCUT2D eigenvalue weighted by atomic mass is 32.1. The fourth-order valence-electron chi connectivity index (χ4n) is 9.90. The molecule has 0 radical (unpaired) electrons. The molecule has 0 fully saturated rings. The Labute approximate surface area is 496 Å². The van der Waals surface area contributed by atoms with Gasteiger partial charge in [-0.15, -0.1) is 0 Å². The van der Waals surface area contributed by atoms with Crippen molar-refractivity contribution in [2.24, 2.45) is 11.5 Å². The Kier molecular flexibility index (Phi) is 22.8. The van der Waals surface area contributed by atoms with E-state index in [-0.39, 0.29) is 50.2 Å². The molecule has 24 heteroatoms. The summed E-state index contributed by atoms with van der Waals surface area (Å²) in [5, 5.41) is 40.4. The quantitative estimate of drug-likeness (QED) is 0.0227. The maximum atomic E-state index is 15.2. The first-order chi connectivity index (χ1) is 40.4. The summed E-state index contributed by atoms with van der Waals surface area (Å²) < 4.78 is 0. The summed E-state index contributed by atoms with van der Waals surface area (Å²) in [6, 6.07) is 20.4. The summed E-state index contributed by atoms with van der Waals surface area (Å²) in [6.45, 7) is 1.48. The number of nitrogens with two attached hydrogens (primary N) is 2. The zero-order valence-corrected chi connectivity index (χ0v) is 48.3. The van der Waals surface area contributed by atoms with Crippen molar-refractivity contribution in [3.05, 3.63) is 150 Å². The average molecular weight is 1190 g/mol. The molecule has 0 aliphatic heterocycles. The maximum absolute atomic E-state index is 15.2. The molecule has 0 saturated heterocycles. The number of carbonyl (C=O) groups excluding carboxylic acids is 7. The van der Waals surface area contributed by atoms with Crippen LogP contribution in [0.5, 0.6) is 0 Å². The van der Waals surface area contributed by atoms with Crippen molar-refractivity contribution in [2.75, 3.05) is 25.1 Å². The van der Waals surface area contributed by atoms with Crippen LogP contribution < -0.4 is 43.4 Å². The minimum Gasteiger partial charge on any atom is -0.480 e. The van der Waals surface area contributed by atoms with Crippen LogP contribution in [0.1, 0.15) is 48.4 Å². The van der Waals surface area contributed by atoms with Crippen molar-refractivity contribution >= 4 is 105 Å². The number of pyridine rings is 1. The van der Waals surface area contributed by atoms with Crippen molar-refractivity contribution in [3.8, 4) is 0 Å². The maximum Gasteiger partial charge on any atom is 0.326 e. The van der Waals surface area contributed by atoms with Crippen molar-refractivity contribution < 1.29 is 48.6 Å². The van der Waals surface area contributed by atoms with Gasteiger partial charge in [0, 0.05) is 84.4 Å². The lowest BCUT2D eigenvalue weighted by atomic mass is 10.00. The Morgan fingerprint density at radius 3 is 1.73 bits per heavy atom. The van der Waals surface area contributed by atoms with Crippen molar-refractivity contribution in [1.82, 2.24) is 51.8 Å². The summed E-state index contributed by atoms with van der Waals surface area (Å²) in [7, 11) is 1.36.